The Hall–Kier alpha value is -2.16. The summed E-state index contributed by atoms with van der Waals surface area (Å²) in [6, 6.07) is 7.23. The Balaban J connectivity index is 2.52. The number of H-pyrrole nitrogens is 1. The molecule has 0 fully saturated rings. The van der Waals surface area contributed by atoms with Gasteiger partial charge in [-0.3, -0.25) is 9.59 Å². The van der Waals surface area contributed by atoms with Gasteiger partial charge in [-0.2, -0.15) is 0 Å². The van der Waals surface area contributed by atoms with Gasteiger partial charge in [0.2, 0.25) is 5.43 Å². The fourth-order valence-electron chi connectivity index (χ4n) is 2.04. The van der Waals surface area contributed by atoms with Crippen LogP contribution in [-0.4, -0.2) is 10.8 Å². The molecular formula is C13H9NO2. The molecule has 1 aliphatic rings. The molecule has 1 aromatic carbocycles. The van der Waals surface area contributed by atoms with Crippen LogP contribution in [0.4, 0.5) is 0 Å². The summed E-state index contributed by atoms with van der Waals surface area (Å²) in [5.41, 5.74) is 1.52. The lowest BCUT2D eigenvalue weighted by Crippen LogP contribution is -2.20. The summed E-state index contributed by atoms with van der Waals surface area (Å²) in [5, 5.41) is 0.574. The zero-order valence-corrected chi connectivity index (χ0v) is 8.49. The first kappa shape index (κ1) is 9.09. The van der Waals surface area contributed by atoms with E-state index in [2.05, 4.69) is 4.98 Å². The van der Waals surface area contributed by atoms with E-state index in [1.165, 1.54) is 0 Å². The number of carbonyl (C=O) groups is 1. The maximum absolute atomic E-state index is 12.1. The van der Waals surface area contributed by atoms with Crippen molar-refractivity contribution in [3.63, 3.8) is 0 Å². The minimum absolute atomic E-state index is 0.107. The second-order valence-corrected chi connectivity index (χ2v) is 3.82. The summed E-state index contributed by atoms with van der Waals surface area (Å²) < 4.78 is 0. The number of nitrogens with one attached hydrogen (secondary N) is 1. The van der Waals surface area contributed by atoms with Crippen LogP contribution in [0.1, 0.15) is 22.5 Å². The first-order valence-electron chi connectivity index (χ1n) is 5.12. The summed E-state index contributed by atoms with van der Waals surface area (Å²) in [7, 11) is 0. The number of aromatic nitrogens is 1. The van der Waals surface area contributed by atoms with Crippen LogP contribution in [-0.2, 0) is 0 Å². The second-order valence-electron chi connectivity index (χ2n) is 3.82. The van der Waals surface area contributed by atoms with Crippen molar-refractivity contribution in [1.29, 1.82) is 0 Å². The predicted octanol–water partition coefficient (Wildman–Crippen LogP) is 2.13. The SMILES string of the molecule is O=C1CC=Cc2[nH]c3ccccc3c(=O)c21. The molecule has 0 amide bonds. The minimum atomic E-state index is -0.168. The number of carbonyl (C=O) groups excluding carboxylic acids is 1. The van der Waals surface area contributed by atoms with Gasteiger partial charge in [0.25, 0.3) is 0 Å². The monoisotopic (exact) mass is 211 g/mol. The van der Waals surface area contributed by atoms with Crippen LogP contribution in [0, 0.1) is 0 Å². The smallest absolute Gasteiger partial charge is 0.200 e. The summed E-state index contributed by atoms with van der Waals surface area (Å²) in [6.07, 6.45) is 3.88. The molecular weight excluding hydrogens is 202 g/mol. The minimum Gasteiger partial charge on any atom is -0.354 e. The molecule has 16 heavy (non-hydrogen) atoms. The van der Waals surface area contributed by atoms with Gasteiger partial charge in [0, 0.05) is 17.3 Å². The van der Waals surface area contributed by atoms with Gasteiger partial charge in [-0.25, -0.2) is 0 Å². The van der Waals surface area contributed by atoms with Gasteiger partial charge in [-0.15, -0.1) is 0 Å². The Morgan fingerprint density at radius 3 is 2.81 bits per heavy atom. The van der Waals surface area contributed by atoms with E-state index in [9.17, 15) is 9.59 Å². The molecule has 0 unspecified atom stereocenters. The number of ketones is 1. The van der Waals surface area contributed by atoms with E-state index in [1.54, 1.807) is 24.3 Å². The highest BCUT2D eigenvalue weighted by molar-refractivity contribution is 6.04. The summed E-state index contributed by atoms with van der Waals surface area (Å²) in [5.74, 6) is -0.107. The molecule has 1 N–H and O–H groups in total. The average Bonchev–Trinajstić information content (AvgIpc) is 2.29. The van der Waals surface area contributed by atoms with Crippen LogP contribution in [0.5, 0.6) is 0 Å². The normalized spacial score (nSPS) is 14.1. The molecule has 3 nitrogen and oxygen atoms in total. The van der Waals surface area contributed by atoms with E-state index in [4.69, 9.17) is 0 Å². The van der Waals surface area contributed by atoms with Gasteiger partial charge in [-0.05, 0) is 18.2 Å². The van der Waals surface area contributed by atoms with Crippen molar-refractivity contribution in [2.45, 2.75) is 6.42 Å². The Kier molecular flexibility index (Phi) is 1.80. The van der Waals surface area contributed by atoms with Crippen molar-refractivity contribution >= 4 is 22.8 Å². The topological polar surface area (TPSA) is 49.9 Å². The van der Waals surface area contributed by atoms with Crippen LogP contribution in [0.25, 0.3) is 17.0 Å². The molecule has 0 spiro atoms. The average molecular weight is 211 g/mol. The molecule has 0 aliphatic heterocycles. The van der Waals surface area contributed by atoms with Crippen molar-refractivity contribution < 1.29 is 4.79 Å². The van der Waals surface area contributed by atoms with Crippen molar-refractivity contribution in [2.24, 2.45) is 0 Å². The fourth-order valence-corrected chi connectivity index (χ4v) is 2.04. The van der Waals surface area contributed by atoms with Gasteiger partial charge in [0.1, 0.15) is 0 Å². The number of aromatic amines is 1. The first-order valence-corrected chi connectivity index (χ1v) is 5.12. The first-order chi connectivity index (χ1) is 7.77. The molecule has 3 rings (SSSR count). The number of pyridine rings is 1. The zero-order chi connectivity index (χ0) is 11.1. The number of allylic oxidation sites excluding steroid dienone is 1. The summed E-state index contributed by atoms with van der Waals surface area (Å²) >= 11 is 0. The van der Waals surface area contributed by atoms with E-state index < -0.39 is 0 Å². The largest absolute Gasteiger partial charge is 0.354 e. The molecule has 0 saturated heterocycles. The van der Waals surface area contributed by atoms with E-state index in [0.29, 0.717) is 23.1 Å². The number of rotatable bonds is 0. The molecule has 0 saturated carbocycles. The lowest BCUT2D eigenvalue weighted by atomic mass is 9.98. The van der Waals surface area contributed by atoms with Gasteiger partial charge in [0.15, 0.2) is 5.78 Å². The Bertz CT molecular complexity index is 680. The number of hydrogen-bond donors (Lipinski definition) is 1. The van der Waals surface area contributed by atoms with Gasteiger partial charge in [-0.1, -0.05) is 18.2 Å². The molecule has 1 heterocycles. The van der Waals surface area contributed by atoms with Crippen LogP contribution < -0.4 is 5.43 Å². The van der Waals surface area contributed by atoms with Gasteiger partial charge in [0.05, 0.1) is 11.3 Å². The Labute approximate surface area is 91.4 Å². The lowest BCUT2D eigenvalue weighted by molar-refractivity contribution is 0.0993. The highest BCUT2D eigenvalue weighted by Gasteiger charge is 2.18. The fraction of sp³-hybridized carbons (Fsp3) is 0.0769. The highest BCUT2D eigenvalue weighted by atomic mass is 16.1. The van der Waals surface area contributed by atoms with E-state index >= 15 is 0 Å². The standard InChI is InChI=1S/C13H9NO2/c15-11-7-3-6-10-12(11)13(16)8-4-1-2-5-9(8)14-10/h1-6H,7H2,(H,14,16). The Morgan fingerprint density at radius 1 is 1.12 bits per heavy atom. The summed E-state index contributed by atoms with van der Waals surface area (Å²) in [6.45, 7) is 0. The van der Waals surface area contributed by atoms with E-state index in [0.717, 1.165) is 5.52 Å². The molecule has 1 aliphatic carbocycles. The molecule has 78 valence electrons. The second kappa shape index (κ2) is 3.17. The third kappa shape index (κ3) is 1.15. The number of benzene rings is 1. The van der Waals surface area contributed by atoms with Crippen molar-refractivity contribution in [2.75, 3.05) is 0 Å². The molecule has 0 radical (unpaired) electrons. The van der Waals surface area contributed by atoms with Crippen LogP contribution in [0.3, 0.4) is 0 Å². The molecule has 3 heteroatoms. The third-order valence-electron chi connectivity index (χ3n) is 2.80. The van der Waals surface area contributed by atoms with Crippen molar-refractivity contribution in [3.8, 4) is 0 Å². The Morgan fingerprint density at radius 2 is 1.94 bits per heavy atom. The molecule has 2 aromatic rings. The summed E-state index contributed by atoms with van der Waals surface area (Å²) in [4.78, 5) is 26.9. The number of para-hydroxylation sites is 1. The maximum atomic E-state index is 12.1. The van der Waals surface area contributed by atoms with Crippen LogP contribution >= 0.6 is 0 Å². The maximum Gasteiger partial charge on any atom is 0.200 e. The highest BCUT2D eigenvalue weighted by Crippen LogP contribution is 2.17. The quantitative estimate of drug-likeness (QED) is 0.725. The van der Waals surface area contributed by atoms with Crippen LogP contribution in [0.15, 0.2) is 35.1 Å². The molecule has 0 bridgehead atoms. The number of hydrogen-bond acceptors (Lipinski definition) is 2. The molecule has 1 aromatic heterocycles. The lowest BCUT2D eigenvalue weighted by Gasteiger charge is -2.10. The van der Waals surface area contributed by atoms with E-state index in [-0.39, 0.29) is 11.2 Å². The van der Waals surface area contributed by atoms with Gasteiger partial charge >= 0.3 is 0 Å². The number of fused-ring (bicyclic) bond motifs is 2. The van der Waals surface area contributed by atoms with E-state index in [1.807, 2.05) is 12.1 Å². The number of Topliss-reactive ketones (excluding diaryl/α,β-unsaturated/α-hetero) is 1. The predicted molar refractivity (Wildman–Crippen MR) is 62.6 cm³/mol. The van der Waals surface area contributed by atoms with Crippen molar-refractivity contribution in [3.05, 3.63) is 51.8 Å². The molecule has 0 atom stereocenters. The zero-order valence-electron chi connectivity index (χ0n) is 8.49. The third-order valence-corrected chi connectivity index (χ3v) is 2.80. The van der Waals surface area contributed by atoms with Crippen LogP contribution in [0.2, 0.25) is 0 Å². The van der Waals surface area contributed by atoms with Gasteiger partial charge < -0.3 is 4.98 Å². The van der Waals surface area contributed by atoms with Crippen molar-refractivity contribution in [1.82, 2.24) is 4.98 Å².